The number of anilines is 4. The maximum atomic E-state index is 10.1. The molecule has 7 aromatic carbocycles. The number of benzene rings is 7. The summed E-state index contributed by atoms with van der Waals surface area (Å²) in [5.41, 5.74) is 5.35. The number of hydrogen-bond acceptors (Lipinski definition) is 4. The summed E-state index contributed by atoms with van der Waals surface area (Å²) in [5.74, 6) is 1.36. The number of fused-ring (bicyclic) bond motifs is 5. The van der Waals surface area contributed by atoms with Gasteiger partial charge in [-0.2, -0.15) is 12.1 Å². The Balaban J connectivity index is 0.00000720. The molecule has 0 fully saturated rings. The van der Waals surface area contributed by atoms with Gasteiger partial charge >= 0.3 is 0 Å². The van der Waals surface area contributed by atoms with Crippen molar-refractivity contribution in [2.24, 2.45) is 5.41 Å². The molecular formula is C65H63N4OPt-3. The van der Waals surface area contributed by atoms with Gasteiger partial charge in [0, 0.05) is 75.2 Å². The first-order chi connectivity index (χ1) is 37.1. The SMILES string of the molecule is [2H]c1c([2H])c(-c2cccc(-c3c([2H])c([2H])c4c(c3[2H])C(C)(C)CCC4(C)C)c2N2[CH-]N(c3[c-]c(Oc4[c-]c5c(cc4)c4ccccc4n5-c4cc(C([2H])([2H])C(C)(C)C)ccn4)ccc3)c3ccccc32)c([2H])c(C(C)(C)C)c1[2H].[Pt]. The average Bonchev–Trinajstić information content (AvgIpc) is 3.94. The summed E-state index contributed by atoms with van der Waals surface area (Å²) in [5, 5.41) is 1.90. The maximum absolute atomic E-state index is 10.1. The molecule has 0 saturated carbocycles. The summed E-state index contributed by atoms with van der Waals surface area (Å²) >= 11 is 0. The fraction of sp³-hybridized carbons (Fsp3) is 0.262. The standard InChI is InChI=1S/C65H63N4O.Pt/c1-62(2,3)41-43-32-35-66-60(36-43)69-56-25-12-11-22-52(56)53-30-29-49(40-59(53)69)70-48-21-16-20-47(39-48)67-42-68(58-27-14-13-26-57(58)67)61-50(44-18-15-19-46(37-44)63(4,5)6)23-17-24-51(61)45-28-31-54-55(38-45)65(9,10)34-33-64(54,7)8;/h11-32,35-38,42H,33-34,41H2,1-10H3;/q-3;/i15D,18D,19D,28D,31D,37D,38D,41D2;. The first-order valence-electron chi connectivity index (χ1n) is 28.7. The monoisotopic (exact) mass is 1120 g/mol. The van der Waals surface area contributed by atoms with Gasteiger partial charge in [0.2, 0.25) is 0 Å². The molecule has 2 aromatic heterocycles. The van der Waals surface area contributed by atoms with E-state index in [2.05, 4.69) is 39.8 Å². The third-order valence-electron chi connectivity index (χ3n) is 13.6. The van der Waals surface area contributed by atoms with Crippen molar-refractivity contribution in [3.05, 3.63) is 199 Å². The largest absolute Gasteiger partial charge is 0.509 e. The number of nitrogens with zero attached hydrogens (tertiary/aromatic N) is 4. The van der Waals surface area contributed by atoms with Gasteiger partial charge in [-0.3, -0.25) is 0 Å². The number of pyridine rings is 1. The Morgan fingerprint density at radius 3 is 2.11 bits per heavy atom. The van der Waals surface area contributed by atoms with Crippen LogP contribution in [0.5, 0.6) is 11.5 Å². The normalized spacial score (nSPS) is 17.1. The quantitative estimate of drug-likeness (QED) is 0.142. The first-order valence-corrected chi connectivity index (χ1v) is 24.2. The van der Waals surface area contributed by atoms with Gasteiger partial charge in [0.05, 0.1) is 9.60 Å². The molecule has 3 heterocycles. The molecule has 11 rings (SSSR count). The Morgan fingerprint density at radius 2 is 1.37 bits per heavy atom. The third kappa shape index (κ3) is 9.01. The third-order valence-corrected chi connectivity index (χ3v) is 13.6. The Morgan fingerprint density at radius 1 is 0.690 bits per heavy atom. The van der Waals surface area contributed by atoms with Crippen molar-refractivity contribution in [2.75, 3.05) is 9.80 Å². The number of ether oxygens (including phenoxy) is 1. The number of para-hydroxylation sites is 4. The van der Waals surface area contributed by atoms with Gasteiger partial charge in [-0.25, -0.2) is 4.98 Å². The molecule has 0 amide bonds. The van der Waals surface area contributed by atoms with E-state index in [1.807, 2.05) is 160 Å². The maximum Gasteiger partial charge on any atom is 0.135 e. The van der Waals surface area contributed by atoms with Gasteiger partial charge in [0.25, 0.3) is 0 Å². The predicted octanol–water partition coefficient (Wildman–Crippen LogP) is 17.5. The van der Waals surface area contributed by atoms with E-state index in [9.17, 15) is 6.85 Å². The van der Waals surface area contributed by atoms with Crippen LogP contribution < -0.4 is 14.5 Å². The van der Waals surface area contributed by atoms with Crippen LogP contribution in [0.1, 0.15) is 117 Å². The number of aromatic nitrogens is 2. The molecule has 0 N–H and O–H groups in total. The van der Waals surface area contributed by atoms with E-state index in [0.29, 0.717) is 67.7 Å². The molecule has 0 atom stereocenters. The van der Waals surface area contributed by atoms with Crippen molar-refractivity contribution in [3.63, 3.8) is 0 Å². The van der Waals surface area contributed by atoms with Crippen LogP contribution in [0.15, 0.2) is 158 Å². The molecule has 0 saturated heterocycles. The second kappa shape index (κ2) is 18.0. The zero-order valence-electron chi connectivity index (χ0n) is 51.0. The zero-order chi connectivity index (χ0) is 56.6. The molecular weight excluding hydrogens is 1050 g/mol. The first kappa shape index (κ1) is 38.3. The summed E-state index contributed by atoms with van der Waals surface area (Å²) in [6.45, 7) is 21.6. The van der Waals surface area contributed by atoms with Gasteiger partial charge in [-0.1, -0.05) is 166 Å². The molecule has 0 bridgehead atoms. The zero-order valence-corrected chi connectivity index (χ0v) is 44.2. The summed E-state index contributed by atoms with van der Waals surface area (Å²) < 4.78 is 93.9. The minimum absolute atomic E-state index is 0. The second-order valence-electron chi connectivity index (χ2n) is 22.0. The second-order valence-corrected chi connectivity index (χ2v) is 22.0. The summed E-state index contributed by atoms with van der Waals surface area (Å²) in [6, 6.07) is 40.7. The minimum atomic E-state index is -1.65. The van der Waals surface area contributed by atoms with Crippen LogP contribution in [0, 0.1) is 24.2 Å². The van der Waals surface area contributed by atoms with Crippen LogP contribution in [0.25, 0.3) is 49.9 Å². The van der Waals surface area contributed by atoms with E-state index in [0.717, 1.165) is 40.4 Å². The molecule has 0 spiro atoms. The van der Waals surface area contributed by atoms with Gasteiger partial charge in [0.15, 0.2) is 0 Å². The molecule has 71 heavy (non-hydrogen) atoms. The number of rotatable bonds is 8. The Kier molecular flexibility index (Phi) is 9.71. The van der Waals surface area contributed by atoms with Crippen molar-refractivity contribution < 1.29 is 38.1 Å². The molecule has 362 valence electrons. The van der Waals surface area contributed by atoms with E-state index in [4.69, 9.17) is 15.2 Å². The summed E-state index contributed by atoms with van der Waals surface area (Å²) in [6.07, 6.45) is 1.60. The van der Waals surface area contributed by atoms with Crippen LogP contribution >= 0.6 is 0 Å². The van der Waals surface area contributed by atoms with Crippen LogP contribution in [0.3, 0.4) is 0 Å². The van der Waals surface area contributed by atoms with Crippen molar-refractivity contribution >= 4 is 44.6 Å². The summed E-state index contributed by atoms with van der Waals surface area (Å²) in [4.78, 5) is 8.68. The average molecular weight is 1120 g/mol. The van der Waals surface area contributed by atoms with Crippen LogP contribution in [-0.4, -0.2) is 9.55 Å². The van der Waals surface area contributed by atoms with Crippen molar-refractivity contribution in [1.82, 2.24) is 9.55 Å². The molecule has 0 unspecified atom stereocenters. The molecule has 5 nitrogen and oxygen atoms in total. The molecule has 9 aromatic rings. The number of hydrogen-bond donors (Lipinski definition) is 0. The van der Waals surface area contributed by atoms with E-state index in [1.54, 1.807) is 18.3 Å². The molecule has 0 radical (unpaired) electrons. The van der Waals surface area contributed by atoms with Gasteiger partial charge in [-0.05, 0) is 110 Å². The van der Waals surface area contributed by atoms with Crippen molar-refractivity contribution in [1.29, 1.82) is 0 Å². The van der Waals surface area contributed by atoms with Crippen LogP contribution in [-0.2, 0) is 43.7 Å². The fourth-order valence-electron chi connectivity index (χ4n) is 9.95. The van der Waals surface area contributed by atoms with Crippen LogP contribution in [0.2, 0.25) is 0 Å². The Hall–Kier alpha value is -6.42. The molecule has 1 aliphatic carbocycles. The van der Waals surface area contributed by atoms with Gasteiger partial charge in [0.1, 0.15) is 5.82 Å². The Labute approximate surface area is 448 Å². The van der Waals surface area contributed by atoms with Gasteiger partial charge in [-0.15, -0.1) is 48.1 Å². The smallest absolute Gasteiger partial charge is 0.135 e. The van der Waals surface area contributed by atoms with Crippen molar-refractivity contribution in [3.8, 4) is 39.6 Å². The van der Waals surface area contributed by atoms with E-state index < -0.39 is 28.0 Å². The van der Waals surface area contributed by atoms with E-state index in [-0.39, 0.29) is 74.5 Å². The minimum Gasteiger partial charge on any atom is -0.509 e. The fourth-order valence-corrected chi connectivity index (χ4v) is 9.95. The molecule has 6 heteroatoms. The predicted molar refractivity (Wildman–Crippen MR) is 292 cm³/mol. The molecule has 2 aliphatic rings. The van der Waals surface area contributed by atoms with Crippen molar-refractivity contribution in [2.45, 2.75) is 105 Å². The topological polar surface area (TPSA) is 33.5 Å². The summed E-state index contributed by atoms with van der Waals surface area (Å²) in [7, 11) is 0. The molecule has 1 aliphatic heterocycles. The van der Waals surface area contributed by atoms with Crippen LogP contribution in [0.4, 0.5) is 22.7 Å². The van der Waals surface area contributed by atoms with E-state index in [1.165, 1.54) is 0 Å². The Bertz CT molecular complexity index is 3990. The van der Waals surface area contributed by atoms with Gasteiger partial charge < -0.3 is 19.1 Å². The van der Waals surface area contributed by atoms with E-state index >= 15 is 0 Å².